The second kappa shape index (κ2) is 8.01. The second-order valence-corrected chi connectivity index (χ2v) is 9.75. The van der Waals surface area contributed by atoms with Crippen LogP contribution in [0, 0.1) is 32.6 Å². The van der Waals surface area contributed by atoms with E-state index in [1.807, 2.05) is 49.6 Å². The Hall–Kier alpha value is -3.28. The molecule has 7 nitrogen and oxygen atoms in total. The molecule has 2 aromatic heterocycles. The van der Waals surface area contributed by atoms with Crippen LogP contribution in [0.15, 0.2) is 29.3 Å². The molecule has 3 aromatic rings. The molecule has 0 bridgehead atoms. The van der Waals surface area contributed by atoms with Gasteiger partial charge < -0.3 is 10.8 Å². The molecule has 8 heteroatoms. The highest BCUT2D eigenvalue weighted by molar-refractivity contribution is 7.15. The molecule has 0 amide bonds. The topological polar surface area (TPSA) is 106 Å². The summed E-state index contributed by atoms with van der Waals surface area (Å²) in [4.78, 5) is 17.7. The number of aliphatic carboxylic acids is 1. The number of hydrogen-bond acceptors (Lipinski definition) is 6. The number of aliphatic imine (C=N–C) groups is 1. The molecule has 0 spiro atoms. The van der Waals surface area contributed by atoms with Gasteiger partial charge in [-0.25, -0.2) is 0 Å². The molecule has 1 aromatic carbocycles. The monoisotopic (exact) mass is 447 g/mol. The van der Waals surface area contributed by atoms with Gasteiger partial charge in [0.25, 0.3) is 0 Å². The Balaban J connectivity index is 1.90. The normalized spacial score (nSPS) is 15.2. The minimum Gasteiger partial charge on any atom is -0.481 e. The first-order chi connectivity index (χ1) is 15.0. The fourth-order valence-corrected chi connectivity index (χ4v) is 4.85. The Bertz CT molecular complexity index is 1300. The third kappa shape index (κ3) is 4.09. The number of rotatable bonds is 3. The standard InChI is InChI=1S/C24H25N5O2S/c1-13-14(2)32-23-20(13)21(17-8-6-16(7-9-17)10-11-24(4,5)25)26-18(12-19(30)31)22-28-27-15(3)29(22)23/h6-9,18H,12,25H2,1-5H3,(H,30,31)/t18-/m1/s1. The summed E-state index contributed by atoms with van der Waals surface area (Å²) in [6, 6.07) is 7.18. The first-order valence-corrected chi connectivity index (χ1v) is 11.1. The van der Waals surface area contributed by atoms with E-state index in [9.17, 15) is 9.90 Å². The van der Waals surface area contributed by atoms with Crippen LogP contribution in [0.5, 0.6) is 0 Å². The van der Waals surface area contributed by atoms with Crippen molar-refractivity contribution >= 4 is 23.0 Å². The van der Waals surface area contributed by atoms with Crippen LogP contribution in [0.4, 0.5) is 0 Å². The zero-order valence-corrected chi connectivity index (χ0v) is 19.5. The first-order valence-electron chi connectivity index (χ1n) is 10.3. The zero-order valence-electron chi connectivity index (χ0n) is 18.7. The predicted molar refractivity (Wildman–Crippen MR) is 126 cm³/mol. The van der Waals surface area contributed by atoms with Gasteiger partial charge in [0.05, 0.1) is 17.7 Å². The number of benzene rings is 1. The van der Waals surface area contributed by atoms with Crippen LogP contribution in [0.1, 0.15) is 65.1 Å². The second-order valence-electron chi connectivity index (χ2n) is 8.54. The summed E-state index contributed by atoms with van der Waals surface area (Å²) < 4.78 is 1.95. The zero-order chi connectivity index (χ0) is 23.2. The Labute approximate surface area is 191 Å². The minimum absolute atomic E-state index is 0.163. The van der Waals surface area contributed by atoms with Crippen LogP contribution in [-0.2, 0) is 4.79 Å². The summed E-state index contributed by atoms with van der Waals surface area (Å²) >= 11 is 1.64. The molecule has 4 rings (SSSR count). The van der Waals surface area contributed by atoms with Crippen molar-refractivity contribution in [3.8, 4) is 16.8 Å². The van der Waals surface area contributed by atoms with Crippen molar-refractivity contribution in [2.24, 2.45) is 10.7 Å². The van der Waals surface area contributed by atoms with E-state index in [4.69, 9.17) is 10.7 Å². The molecule has 0 saturated heterocycles. The van der Waals surface area contributed by atoms with Gasteiger partial charge in [0, 0.05) is 21.6 Å². The quantitative estimate of drug-likeness (QED) is 0.595. The lowest BCUT2D eigenvalue weighted by molar-refractivity contribution is -0.137. The molecule has 0 aliphatic carbocycles. The molecule has 3 heterocycles. The van der Waals surface area contributed by atoms with Gasteiger partial charge in [0.2, 0.25) is 0 Å². The lowest BCUT2D eigenvalue weighted by Gasteiger charge is -2.11. The molecule has 1 atom stereocenters. The van der Waals surface area contributed by atoms with E-state index < -0.39 is 17.6 Å². The summed E-state index contributed by atoms with van der Waals surface area (Å²) in [5, 5.41) is 19.0. The number of hydrogen-bond donors (Lipinski definition) is 2. The summed E-state index contributed by atoms with van der Waals surface area (Å²) in [6.07, 6.45) is -0.163. The fourth-order valence-electron chi connectivity index (χ4n) is 3.63. The number of carboxylic acid groups (broad SMARTS) is 1. The third-order valence-electron chi connectivity index (χ3n) is 5.29. The van der Waals surface area contributed by atoms with Gasteiger partial charge in [-0.05, 0) is 52.3 Å². The molecular weight excluding hydrogens is 422 g/mol. The molecule has 1 aliphatic heterocycles. The Morgan fingerprint density at radius 3 is 2.53 bits per heavy atom. The van der Waals surface area contributed by atoms with E-state index in [2.05, 4.69) is 35.9 Å². The van der Waals surface area contributed by atoms with Crippen LogP contribution >= 0.6 is 11.3 Å². The Morgan fingerprint density at radius 2 is 1.91 bits per heavy atom. The highest BCUT2D eigenvalue weighted by atomic mass is 32.1. The van der Waals surface area contributed by atoms with Crippen LogP contribution in [0.3, 0.4) is 0 Å². The number of nitrogens with zero attached hydrogens (tertiary/aromatic N) is 4. The van der Waals surface area contributed by atoms with Gasteiger partial charge in [0.15, 0.2) is 5.82 Å². The average molecular weight is 448 g/mol. The Kier molecular flexibility index (Phi) is 5.49. The number of thiophene rings is 1. The molecule has 1 aliphatic rings. The highest BCUT2D eigenvalue weighted by Gasteiger charge is 2.32. The molecule has 0 unspecified atom stereocenters. The molecule has 0 fully saturated rings. The lowest BCUT2D eigenvalue weighted by Crippen LogP contribution is -2.29. The lowest BCUT2D eigenvalue weighted by atomic mass is 9.98. The summed E-state index contributed by atoms with van der Waals surface area (Å²) in [6.45, 7) is 9.75. The molecular formula is C24H25N5O2S. The third-order valence-corrected chi connectivity index (χ3v) is 6.49. The maximum absolute atomic E-state index is 11.6. The fraction of sp³-hybridized carbons (Fsp3) is 0.333. The number of fused-ring (bicyclic) bond motifs is 3. The highest BCUT2D eigenvalue weighted by Crippen LogP contribution is 2.39. The van der Waals surface area contributed by atoms with Crippen LogP contribution in [0.25, 0.3) is 5.00 Å². The average Bonchev–Trinajstić information content (AvgIpc) is 3.18. The molecule has 3 N–H and O–H groups in total. The maximum Gasteiger partial charge on any atom is 0.306 e. The summed E-state index contributed by atoms with van der Waals surface area (Å²) in [7, 11) is 0. The molecule has 164 valence electrons. The number of aromatic nitrogens is 3. The predicted octanol–water partition coefficient (Wildman–Crippen LogP) is 3.71. The van der Waals surface area contributed by atoms with E-state index in [0.717, 1.165) is 33.0 Å². The number of nitrogens with two attached hydrogens (primary N) is 1. The van der Waals surface area contributed by atoms with Crippen LogP contribution in [0.2, 0.25) is 0 Å². The van der Waals surface area contributed by atoms with Crippen molar-refractivity contribution in [3.05, 3.63) is 63.0 Å². The SMILES string of the molecule is Cc1sc2c(c1C)C(c1ccc(C#CC(C)(C)N)cc1)=N[C@H](CC(=O)O)c1nnc(C)n1-2. The summed E-state index contributed by atoms with van der Waals surface area (Å²) in [5.74, 6) is 6.47. The van der Waals surface area contributed by atoms with Gasteiger partial charge in [-0.1, -0.05) is 24.0 Å². The van der Waals surface area contributed by atoms with Gasteiger partial charge in [-0.15, -0.1) is 21.5 Å². The van der Waals surface area contributed by atoms with Gasteiger partial charge in [0.1, 0.15) is 16.9 Å². The van der Waals surface area contributed by atoms with Crippen molar-refractivity contribution < 1.29 is 9.90 Å². The van der Waals surface area contributed by atoms with E-state index in [0.29, 0.717) is 11.6 Å². The largest absolute Gasteiger partial charge is 0.481 e. The van der Waals surface area contributed by atoms with Crippen LogP contribution < -0.4 is 5.73 Å². The number of carbonyl (C=O) groups is 1. The van der Waals surface area contributed by atoms with Gasteiger partial charge in [-0.2, -0.15) is 0 Å². The van der Waals surface area contributed by atoms with Crippen LogP contribution in [-0.4, -0.2) is 37.1 Å². The molecule has 0 radical (unpaired) electrons. The number of aryl methyl sites for hydroxylation is 2. The molecule has 0 saturated carbocycles. The molecule has 32 heavy (non-hydrogen) atoms. The first kappa shape index (κ1) is 21.9. The smallest absolute Gasteiger partial charge is 0.306 e. The van der Waals surface area contributed by atoms with Crippen molar-refractivity contribution in [3.63, 3.8) is 0 Å². The number of carboxylic acids is 1. The van der Waals surface area contributed by atoms with Crippen molar-refractivity contribution in [2.75, 3.05) is 0 Å². The maximum atomic E-state index is 11.6. The van der Waals surface area contributed by atoms with Crippen molar-refractivity contribution in [2.45, 2.75) is 52.6 Å². The van der Waals surface area contributed by atoms with E-state index in [1.54, 1.807) is 11.3 Å². The van der Waals surface area contributed by atoms with E-state index >= 15 is 0 Å². The van der Waals surface area contributed by atoms with Gasteiger partial charge in [-0.3, -0.25) is 14.4 Å². The van der Waals surface area contributed by atoms with E-state index in [1.165, 1.54) is 4.88 Å². The summed E-state index contributed by atoms with van der Waals surface area (Å²) in [5.41, 5.74) is 10.0. The minimum atomic E-state index is -0.932. The Morgan fingerprint density at radius 1 is 1.22 bits per heavy atom. The van der Waals surface area contributed by atoms with Crippen molar-refractivity contribution in [1.82, 2.24) is 14.8 Å². The van der Waals surface area contributed by atoms with Crippen molar-refractivity contribution in [1.29, 1.82) is 0 Å². The van der Waals surface area contributed by atoms with E-state index in [-0.39, 0.29) is 6.42 Å². The van der Waals surface area contributed by atoms with Gasteiger partial charge >= 0.3 is 5.97 Å².